The first kappa shape index (κ1) is 29.3. The first-order valence-corrected chi connectivity index (χ1v) is 14.7. The number of sulfone groups is 1. The van der Waals surface area contributed by atoms with Crippen LogP contribution in [-0.4, -0.2) is 44.6 Å². The largest absolute Gasteiger partial charge is 0.504 e. The quantitative estimate of drug-likeness (QED) is 0.245. The third-order valence-electron chi connectivity index (χ3n) is 6.07. The molecule has 0 aliphatic heterocycles. The highest BCUT2D eigenvalue weighted by atomic mass is 32.2. The molecule has 0 heterocycles. The zero-order chi connectivity index (χ0) is 27.5. The summed E-state index contributed by atoms with van der Waals surface area (Å²) >= 11 is 0. The van der Waals surface area contributed by atoms with Crippen LogP contribution in [0.1, 0.15) is 44.4 Å². The van der Waals surface area contributed by atoms with Crippen LogP contribution in [-0.2, 0) is 27.6 Å². The number of phenolic OH excluding ortho intramolecular Hbond substituents is 1. The van der Waals surface area contributed by atoms with E-state index >= 15 is 0 Å². The van der Waals surface area contributed by atoms with E-state index in [-0.39, 0.29) is 23.9 Å². The van der Waals surface area contributed by atoms with E-state index in [1.807, 2.05) is 42.5 Å². The lowest BCUT2D eigenvalue weighted by molar-refractivity contribution is 0.0880. The fourth-order valence-electron chi connectivity index (χ4n) is 4.26. The monoisotopic (exact) mass is 537 g/mol. The van der Waals surface area contributed by atoms with Crippen LogP contribution in [0, 0.1) is 0 Å². The second-order valence-corrected chi connectivity index (χ2v) is 11.8. The minimum atomic E-state index is -3.42. The van der Waals surface area contributed by atoms with Crippen molar-refractivity contribution in [2.45, 2.75) is 52.8 Å². The minimum Gasteiger partial charge on any atom is -0.504 e. The van der Waals surface area contributed by atoms with Gasteiger partial charge >= 0.3 is 0 Å². The first-order valence-electron chi connectivity index (χ1n) is 13.0. The van der Waals surface area contributed by atoms with Gasteiger partial charge in [-0.3, -0.25) is 0 Å². The molecule has 0 bridgehead atoms. The summed E-state index contributed by atoms with van der Waals surface area (Å²) in [5, 5.41) is 11.3. The Bertz CT molecular complexity index is 1260. The lowest BCUT2D eigenvalue weighted by atomic mass is 10.1. The Balaban J connectivity index is 1.51. The lowest BCUT2D eigenvalue weighted by Gasteiger charge is -2.33. The fourth-order valence-corrected chi connectivity index (χ4v) is 5.28. The highest BCUT2D eigenvalue weighted by Gasteiger charge is 2.14. The second-order valence-electron chi connectivity index (χ2n) is 9.79. The van der Waals surface area contributed by atoms with Crippen molar-refractivity contribution < 1.29 is 23.0 Å². The summed E-state index contributed by atoms with van der Waals surface area (Å²) in [6, 6.07) is 23.5. The van der Waals surface area contributed by atoms with Gasteiger partial charge in [0.05, 0.1) is 19.0 Å². The Kier molecular flexibility index (Phi) is 10.8. The van der Waals surface area contributed by atoms with Gasteiger partial charge in [0.2, 0.25) is 0 Å². The molecule has 7 heteroatoms. The van der Waals surface area contributed by atoms with Crippen LogP contribution in [0.25, 0.3) is 6.08 Å². The van der Waals surface area contributed by atoms with Crippen molar-refractivity contribution in [2.24, 2.45) is 0 Å². The molecule has 0 fully saturated rings. The van der Waals surface area contributed by atoms with Gasteiger partial charge < -0.3 is 19.5 Å². The predicted octanol–water partition coefficient (Wildman–Crippen LogP) is 6.24. The third-order valence-corrected chi connectivity index (χ3v) is 7.39. The number of rotatable bonds is 14. The Morgan fingerprint density at radius 3 is 2.21 bits per heavy atom. The molecular formula is C31H39NO5S. The van der Waals surface area contributed by atoms with E-state index in [0.29, 0.717) is 37.3 Å². The molecule has 0 radical (unpaired) electrons. The fraction of sp³-hybridized carbons (Fsp3) is 0.355. The summed E-state index contributed by atoms with van der Waals surface area (Å²) in [5.74, 6) is 0.288. The molecule has 204 valence electrons. The molecular weight excluding hydrogens is 498 g/mol. The predicted molar refractivity (Wildman–Crippen MR) is 155 cm³/mol. The number of ether oxygens (including phenoxy) is 2. The molecule has 0 atom stereocenters. The van der Waals surface area contributed by atoms with Crippen molar-refractivity contribution in [3.8, 4) is 11.5 Å². The molecule has 0 saturated heterocycles. The molecule has 0 spiro atoms. The topological polar surface area (TPSA) is 76.1 Å². The number of nitrogens with zero attached hydrogens (tertiary/aromatic N) is 1. The van der Waals surface area contributed by atoms with Crippen LogP contribution in [0.4, 0.5) is 5.69 Å². The Morgan fingerprint density at radius 2 is 1.55 bits per heavy atom. The number of aromatic hydroxyl groups is 1. The summed E-state index contributed by atoms with van der Waals surface area (Å²) in [6.45, 7) is 9.76. The van der Waals surface area contributed by atoms with Gasteiger partial charge in [-0.2, -0.15) is 0 Å². The Labute approximate surface area is 227 Å². The Morgan fingerprint density at radius 1 is 0.868 bits per heavy atom. The lowest BCUT2D eigenvalue weighted by Crippen LogP contribution is -2.36. The second kappa shape index (κ2) is 14.0. The smallest absolute Gasteiger partial charge is 0.171 e. The van der Waals surface area contributed by atoms with E-state index in [0.717, 1.165) is 16.8 Å². The normalized spacial score (nSPS) is 11.9. The van der Waals surface area contributed by atoms with Crippen molar-refractivity contribution in [3.05, 3.63) is 94.9 Å². The van der Waals surface area contributed by atoms with Gasteiger partial charge in [0, 0.05) is 23.2 Å². The summed E-state index contributed by atoms with van der Waals surface area (Å²) in [7, 11) is -3.42. The number of hydrogen-bond acceptors (Lipinski definition) is 6. The molecule has 1 N–H and O–H groups in total. The number of benzene rings is 3. The van der Waals surface area contributed by atoms with Crippen LogP contribution < -0.4 is 9.64 Å². The summed E-state index contributed by atoms with van der Waals surface area (Å²) in [6.07, 6.45) is 1.96. The number of hydrogen-bond donors (Lipinski definition) is 1. The number of aryl methyl sites for hydroxylation is 1. The molecule has 0 saturated carbocycles. The average molecular weight is 538 g/mol. The van der Waals surface area contributed by atoms with E-state index in [1.165, 1.54) is 17.6 Å². The van der Waals surface area contributed by atoms with Gasteiger partial charge in [0.15, 0.2) is 21.3 Å². The number of phenols is 1. The van der Waals surface area contributed by atoms with Crippen molar-refractivity contribution in [2.75, 3.05) is 23.9 Å². The van der Waals surface area contributed by atoms with Crippen molar-refractivity contribution in [3.63, 3.8) is 0 Å². The molecule has 0 amide bonds. The summed E-state index contributed by atoms with van der Waals surface area (Å²) in [5.41, 5.74) is 3.81. The van der Waals surface area contributed by atoms with Crippen LogP contribution in [0.3, 0.4) is 0 Å². The van der Waals surface area contributed by atoms with Crippen molar-refractivity contribution in [1.82, 2.24) is 0 Å². The molecule has 0 aromatic heterocycles. The highest BCUT2D eigenvalue weighted by Crippen LogP contribution is 2.27. The van der Waals surface area contributed by atoms with E-state index in [9.17, 15) is 13.5 Å². The van der Waals surface area contributed by atoms with Crippen molar-refractivity contribution >= 4 is 21.6 Å². The maximum atomic E-state index is 12.7. The standard InChI is InChI=1S/C31H39NO5S/c1-24(2)32(25(3)4)29-13-10-26(11-14-29)16-20-38(34,35)21-17-27-12-15-30(33)31(22-27)37-19-18-36-23-28-8-6-5-7-9-28/h5-15,17,21-22,24-25,33H,16,18-20,23H2,1-4H3/b21-17+. The molecule has 6 nitrogen and oxygen atoms in total. The van der Waals surface area contributed by atoms with Crippen LogP contribution in [0.2, 0.25) is 0 Å². The summed E-state index contributed by atoms with van der Waals surface area (Å²) < 4.78 is 36.6. The van der Waals surface area contributed by atoms with E-state index < -0.39 is 9.84 Å². The zero-order valence-corrected chi connectivity index (χ0v) is 23.5. The minimum absolute atomic E-state index is 0.00925. The van der Waals surface area contributed by atoms with Gasteiger partial charge in [0.1, 0.15) is 6.61 Å². The van der Waals surface area contributed by atoms with E-state index in [4.69, 9.17) is 9.47 Å². The van der Waals surface area contributed by atoms with Gasteiger partial charge in [-0.1, -0.05) is 48.5 Å². The molecule has 38 heavy (non-hydrogen) atoms. The summed E-state index contributed by atoms with van der Waals surface area (Å²) in [4.78, 5) is 2.33. The third kappa shape index (κ3) is 9.23. The highest BCUT2D eigenvalue weighted by molar-refractivity contribution is 7.94. The maximum Gasteiger partial charge on any atom is 0.171 e. The maximum absolute atomic E-state index is 12.7. The van der Waals surface area contributed by atoms with Gasteiger partial charge in [0.25, 0.3) is 0 Å². The molecule has 3 aromatic carbocycles. The van der Waals surface area contributed by atoms with Crippen LogP contribution >= 0.6 is 0 Å². The van der Waals surface area contributed by atoms with E-state index in [1.54, 1.807) is 12.1 Å². The molecule has 0 aliphatic rings. The van der Waals surface area contributed by atoms with E-state index in [2.05, 4.69) is 44.7 Å². The molecule has 0 aliphatic carbocycles. The van der Waals surface area contributed by atoms with Crippen LogP contribution in [0.15, 0.2) is 78.2 Å². The molecule has 3 rings (SSSR count). The zero-order valence-electron chi connectivity index (χ0n) is 22.7. The first-order chi connectivity index (χ1) is 18.1. The van der Waals surface area contributed by atoms with Gasteiger partial charge in [-0.25, -0.2) is 8.42 Å². The van der Waals surface area contributed by atoms with Crippen molar-refractivity contribution in [1.29, 1.82) is 0 Å². The Hall–Kier alpha value is -3.29. The van der Waals surface area contributed by atoms with Gasteiger partial charge in [-0.15, -0.1) is 0 Å². The molecule has 3 aromatic rings. The van der Waals surface area contributed by atoms with Crippen LogP contribution in [0.5, 0.6) is 11.5 Å². The average Bonchev–Trinajstić information content (AvgIpc) is 2.88. The molecule has 0 unspecified atom stereocenters. The van der Waals surface area contributed by atoms with Gasteiger partial charge in [-0.05, 0) is 81.1 Å². The SMILES string of the molecule is CC(C)N(c1ccc(CCS(=O)(=O)/C=C/c2ccc(O)c(OCCOCc3ccccc3)c2)cc1)C(C)C. The number of anilines is 1.